The highest BCUT2D eigenvalue weighted by Gasteiger charge is 2.32. The van der Waals surface area contributed by atoms with Gasteiger partial charge in [0.1, 0.15) is 5.65 Å². The van der Waals surface area contributed by atoms with Crippen molar-refractivity contribution in [2.45, 2.75) is 17.7 Å². The van der Waals surface area contributed by atoms with Crippen LogP contribution in [0.3, 0.4) is 0 Å². The van der Waals surface area contributed by atoms with Crippen molar-refractivity contribution in [1.82, 2.24) is 18.4 Å². The van der Waals surface area contributed by atoms with Crippen molar-refractivity contribution in [1.29, 1.82) is 0 Å². The van der Waals surface area contributed by atoms with Gasteiger partial charge in [-0.25, -0.2) is 18.2 Å². The first-order chi connectivity index (χ1) is 15.2. The monoisotopic (exact) mass is 457 g/mol. The minimum atomic E-state index is -3.58. The Balaban J connectivity index is 1.47. The normalized spacial score (nSPS) is 15.7. The van der Waals surface area contributed by atoms with Crippen LogP contribution in [0.5, 0.6) is 0 Å². The zero-order chi connectivity index (χ0) is 23.0. The highest BCUT2D eigenvalue weighted by Crippen LogP contribution is 2.25. The maximum Gasteiger partial charge on any atom is 0.332 e. The molecule has 0 unspecified atom stereocenters. The first-order valence-corrected chi connectivity index (χ1v) is 11.6. The number of anilines is 1. The summed E-state index contributed by atoms with van der Waals surface area (Å²) in [6.45, 7) is 0.488. The Bertz CT molecular complexity index is 1400. The lowest BCUT2D eigenvalue weighted by Gasteiger charge is -2.30. The number of aromatic nitrogens is 3. The fourth-order valence-electron chi connectivity index (χ4n) is 3.88. The molecule has 10 nitrogen and oxygen atoms in total. The van der Waals surface area contributed by atoms with E-state index in [1.165, 1.54) is 35.2 Å². The second-order valence-electron chi connectivity index (χ2n) is 7.78. The summed E-state index contributed by atoms with van der Waals surface area (Å²) in [5, 5.41) is 2.98. The summed E-state index contributed by atoms with van der Waals surface area (Å²) in [4.78, 5) is 41.6. The highest BCUT2D eigenvalue weighted by atomic mass is 32.2. The second kappa shape index (κ2) is 8.32. The van der Waals surface area contributed by atoms with E-state index in [0.717, 1.165) is 4.57 Å². The maximum atomic E-state index is 12.8. The Morgan fingerprint density at radius 3 is 2.38 bits per heavy atom. The quantitative estimate of drug-likeness (QED) is 0.614. The molecule has 1 N–H and O–H groups in total. The number of carbonyl (C=O) groups excluding carboxylic acids is 1. The molecule has 3 aromatic rings. The van der Waals surface area contributed by atoms with Gasteiger partial charge in [0.2, 0.25) is 15.9 Å². The van der Waals surface area contributed by atoms with E-state index < -0.39 is 21.3 Å². The van der Waals surface area contributed by atoms with Crippen molar-refractivity contribution >= 4 is 32.7 Å². The Morgan fingerprint density at radius 2 is 1.72 bits per heavy atom. The third-order valence-corrected chi connectivity index (χ3v) is 7.68. The molecule has 168 valence electrons. The van der Waals surface area contributed by atoms with E-state index in [2.05, 4.69) is 10.3 Å². The van der Waals surface area contributed by atoms with Crippen LogP contribution in [0.25, 0.3) is 11.0 Å². The average molecular weight is 458 g/mol. The number of rotatable bonds is 4. The third kappa shape index (κ3) is 3.84. The first-order valence-electron chi connectivity index (χ1n) is 10.1. The fourth-order valence-corrected chi connectivity index (χ4v) is 5.37. The summed E-state index contributed by atoms with van der Waals surface area (Å²) in [6.07, 6.45) is 2.17. The van der Waals surface area contributed by atoms with Gasteiger partial charge in [0.15, 0.2) is 0 Å². The third-order valence-electron chi connectivity index (χ3n) is 5.77. The minimum Gasteiger partial charge on any atom is -0.324 e. The number of piperidine rings is 1. The maximum absolute atomic E-state index is 12.8. The van der Waals surface area contributed by atoms with Crippen LogP contribution in [0.4, 0.5) is 5.69 Å². The predicted molar refractivity (Wildman–Crippen MR) is 119 cm³/mol. The van der Waals surface area contributed by atoms with Crippen LogP contribution < -0.4 is 16.6 Å². The van der Waals surface area contributed by atoms with Crippen molar-refractivity contribution in [3.63, 3.8) is 0 Å². The number of hydrogen-bond acceptors (Lipinski definition) is 6. The SMILES string of the molecule is Cn1c(=O)c2cc(NC(=O)C3CCN(S(=O)(=O)c4ccccc4)CC3)cnc2n(C)c1=O. The van der Waals surface area contributed by atoms with E-state index in [-0.39, 0.29) is 40.8 Å². The highest BCUT2D eigenvalue weighted by molar-refractivity contribution is 7.89. The summed E-state index contributed by atoms with van der Waals surface area (Å²) in [5.41, 5.74) is -0.400. The molecule has 1 aromatic carbocycles. The zero-order valence-electron chi connectivity index (χ0n) is 17.7. The van der Waals surface area contributed by atoms with E-state index in [4.69, 9.17) is 0 Å². The van der Waals surface area contributed by atoms with E-state index in [9.17, 15) is 22.8 Å². The van der Waals surface area contributed by atoms with Crippen molar-refractivity contribution in [3.05, 3.63) is 63.4 Å². The first kappa shape index (κ1) is 21.9. The molecule has 4 rings (SSSR count). The molecular formula is C21H23N5O5S. The second-order valence-corrected chi connectivity index (χ2v) is 9.72. The molecule has 1 aliphatic heterocycles. The summed E-state index contributed by atoms with van der Waals surface area (Å²) in [7, 11) is -0.682. The lowest BCUT2D eigenvalue weighted by molar-refractivity contribution is -0.120. The molecular weight excluding hydrogens is 434 g/mol. The molecule has 1 amide bonds. The van der Waals surface area contributed by atoms with Crippen LogP contribution in [0, 0.1) is 5.92 Å². The van der Waals surface area contributed by atoms with Gasteiger partial charge in [-0.15, -0.1) is 0 Å². The number of aryl methyl sites for hydroxylation is 1. The van der Waals surface area contributed by atoms with E-state index in [1.807, 2.05) is 0 Å². The van der Waals surface area contributed by atoms with E-state index in [0.29, 0.717) is 18.5 Å². The molecule has 1 saturated heterocycles. The molecule has 0 radical (unpaired) electrons. The van der Waals surface area contributed by atoms with E-state index in [1.54, 1.807) is 30.3 Å². The molecule has 0 saturated carbocycles. The van der Waals surface area contributed by atoms with Crippen LogP contribution in [-0.2, 0) is 28.9 Å². The van der Waals surface area contributed by atoms with Crippen molar-refractivity contribution in [2.24, 2.45) is 20.0 Å². The summed E-state index contributed by atoms with van der Waals surface area (Å²) >= 11 is 0. The van der Waals surface area contributed by atoms with Gasteiger partial charge in [-0.3, -0.25) is 18.7 Å². The van der Waals surface area contributed by atoms with Crippen LogP contribution in [-0.4, -0.2) is 45.8 Å². The van der Waals surface area contributed by atoms with Gasteiger partial charge in [-0.2, -0.15) is 4.31 Å². The van der Waals surface area contributed by atoms with Crippen molar-refractivity contribution < 1.29 is 13.2 Å². The Hall–Kier alpha value is -3.31. The molecule has 3 heterocycles. The molecule has 1 aliphatic rings. The molecule has 2 aromatic heterocycles. The Kier molecular flexibility index (Phi) is 5.70. The van der Waals surface area contributed by atoms with Gasteiger partial charge in [0, 0.05) is 33.1 Å². The number of pyridine rings is 1. The number of benzene rings is 1. The smallest absolute Gasteiger partial charge is 0.324 e. The lowest BCUT2D eigenvalue weighted by atomic mass is 9.97. The number of sulfonamides is 1. The average Bonchev–Trinajstić information content (AvgIpc) is 2.82. The molecule has 32 heavy (non-hydrogen) atoms. The standard InChI is InChI=1S/C21H23N5O5S/c1-24-18-17(20(28)25(2)21(24)29)12-15(13-22-18)23-19(27)14-8-10-26(11-9-14)32(30,31)16-6-4-3-5-7-16/h3-7,12-14H,8-11H2,1-2H3,(H,23,27). The topological polar surface area (TPSA) is 123 Å². The Labute approximate surface area is 184 Å². The predicted octanol–water partition coefficient (Wildman–Crippen LogP) is 0.672. The number of fused-ring (bicyclic) bond motifs is 1. The number of amides is 1. The summed E-state index contributed by atoms with van der Waals surface area (Å²) < 4.78 is 29.2. The number of carbonyl (C=O) groups is 1. The summed E-state index contributed by atoms with van der Waals surface area (Å²) in [5.74, 6) is -0.625. The largest absolute Gasteiger partial charge is 0.332 e. The van der Waals surface area contributed by atoms with Crippen LogP contribution >= 0.6 is 0 Å². The molecule has 1 fully saturated rings. The Morgan fingerprint density at radius 1 is 1.06 bits per heavy atom. The molecule has 0 aliphatic carbocycles. The lowest BCUT2D eigenvalue weighted by Crippen LogP contribution is -2.41. The van der Waals surface area contributed by atoms with Crippen LogP contribution in [0.2, 0.25) is 0 Å². The van der Waals surface area contributed by atoms with Gasteiger partial charge in [0.25, 0.3) is 5.56 Å². The van der Waals surface area contributed by atoms with Gasteiger partial charge in [-0.05, 0) is 31.0 Å². The molecule has 0 bridgehead atoms. The number of nitrogens with one attached hydrogen (secondary N) is 1. The van der Waals surface area contributed by atoms with Crippen LogP contribution in [0.1, 0.15) is 12.8 Å². The van der Waals surface area contributed by atoms with Gasteiger partial charge in [-0.1, -0.05) is 18.2 Å². The number of hydrogen-bond donors (Lipinski definition) is 1. The van der Waals surface area contributed by atoms with Crippen LogP contribution in [0.15, 0.2) is 57.1 Å². The molecule has 11 heteroatoms. The molecule has 0 atom stereocenters. The van der Waals surface area contributed by atoms with Gasteiger partial charge >= 0.3 is 5.69 Å². The van der Waals surface area contributed by atoms with Gasteiger partial charge < -0.3 is 5.32 Å². The fraction of sp³-hybridized carbons (Fsp3) is 0.333. The summed E-state index contributed by atoms with van der Waals surface area (Å²) in [6, 6.07) is 9.72. The zero-order valence-corrected chi connectivity index (χ0v) is 18.5. The number of nitrogens with zero attached hydrogens (tertiary/aromatic N) is 4. The van der Waals surface area contributed by atoms with Crippen molar-refractivity contribution in [2.75, 3.05) is 18.4 Å². The minimum absolute atomic E-state index is 0.219. The molecule has 0 spiro atoms. The van der Waals surface area contributed by atoms with E-state index >= 15 is 0 Å². The van der Waals surface area contributed by atoms with Crippen molar-refractivity contribution in [3.8, 4) is 0 Å². The van der Waals surface area contributed by atoms with Gasteiger partial charge in [0.05, 0.1) is 22.2 Å².